The Morgan fingerprint density at radius 1 is 1.42 bits per heavy atom. The van der Waals surface area contributed by atoms with Crippen LogP contribution in [0, 0.1) is 12.3 Å². The van der Waals surface area contributed by atoms with E-state index < -0.39 is 5.41 Å². The van der Waals surface area contributed by atoms with Crippen LogP contribution in [0.25, 0.3) is 11.1 Å². The van der Waals surface area contributed by atoms with E-state index in [0.717, 1.165) is 23.1 Å². The summed E-state index contributed by atoms with van der Waals surface area (Å²) in [4.78, 5) is 16.5. The first-order valence-electron chi connectivity index (χ1n) is 6.37. The van der Waals surface area contributed by atoms with Crippen molar-refractivity contribution in [2.45, 2.75) is 32.6 Å². The number of aromatic nitrogens is 1. The van der Waals surface area contributed by atoms with Crippen molar-refractivity contribution in [3.63, 3.8) is 0 Å². The van der Waals surface area contributed by atoms with Crippen molar-refractivity contribution in [3.8, 4) is 0 Å². The fraction of sp³-hybridized carbons (Fsp3) is 0.467. The van der Waals surface area contributed by atoms with E-state index in [2.05, 4.69) is 18.8 Å². The molecule has 0 N–H and O–H groups in total. The molecule has 19 heavy (non-hydrogen) atoms. The quantitative estimate of drug-likeness (QED) is 0.778. The smallest absolute Gasteiger partial charge is 0.316 e. The Hall–Kier alpha value is -1.84. The zero-order valence-corrected chi connectivity index (χ0v) is 11.6. The molecule has 1 aromatic carbocycles. The number of aryl methyl sites for hydroxylation is 1. The third-order valence-corrected chi connectivity index (χ3v) is 4.26. The molecule has 0 saturated heterocycles. The summed E-state index contributed by atoms with van der Waals surface area (Å²) in [6.45, 7) is 5.98. The second-order valence-electron chi connectivity index (χ2n) is 5.87. The van der Waals surface area contributed by atoms with Gasteiger partial charge in [0, 0.05) is 6.92 Å². The summed E-state index contributed by atoms with van der Waals surface area (Å²) in [5.41, 5.74) is 1.87. The van der Waals surface area contributed by atoms with Gasteiger partial charge >= 0.3 is 5.97 Å². The van der Waals surface area contributed by atoms with Crippen LogP contribution in [-0.4, -0.2) is 18.1 Å². The van der Waals surface area contributed by atoms with Gasteiger partial charge in [0.25, 0.3) is 0 Å². The van der Waals surface area contributed by atoms with Crippen LogP contribution in [0.3, 0.4) is 0 Å². The first kappa shape index (κ1) is 12.2. The molecule has 0 spiro atoms. The van der Waals surface area contributed by atoms with Crippen molar-refractivity contribution in [1.82, 2.24) is 4.98 Å². The Kier molecular flexibility index (Phi) is 2.31. The van der Waals surface area contributed by atoms with Crippen molar-refractivity contribution in [3.05, 3.63) is 29.7 Å². The second kappa shape index (κ2) is 3.59. The minimum Gasteiger partial charge on any atom is -0.468 e. The number of carbonyl (C=O) groups is 1. The number of nitrogens with zero attached hydrogens (tertiary/aromatic N) is 1. The molecule has 4 heteroatoms. The molecule has 4 nitrogen and oxygen atoms in total. The lowest BCUT2D eigenvalue weighted by Gasteiger charge is -2.18. The van der Waals surface area contributed by atoms with E-state index in [9.17, 15) is 4.79 Å². The highest BCUT2D eigenvalue weighted by Crippen LogP contribution is 2.65. The fourth-order valence-corrected chi connectivity index (χ4v) is 3.06. The van der Waals surface area contributed by atoms with Gasteiger partial charge in [-0.3, -0.25) is 4.79 Å². The van der Waals surface area contributed by atoms with E-state index in [0.29, 0.717) is 5.89 Å². The summed E-state index contributed by atoms with van der Waals surface area (Å²) >= 11 is 0. The van der Waals surface area contributed by atoms with E-state index in [4.69, 9.17) is 9.15 Å². The third kappa shape index (κ3) is 1.52. The fourth-order valence-electron chi connectivity index (χ4n) is 3.06. The first-order chi connectivity index (χ1) is 8.90. The van der Waals surface area contributed by atoms with Crippen LogP contribution < -0.4 is 0 Å². The molecule has 1 aromatic heterocycles. The van der Waals surface area contributed by atoms with Gasteiger partial charge in [0.2, 0.25) is 0 Å². The van der Waals surface area contributed by atoms with Crippen molar-refractivity contribution in [1.29, 1.82) is 0 Å². The molecule has 1 unspecified atom stereocenters. The van der Waals surface area contributed by atoms with Gasteiger partial charge in [-0.15, -0.1) is 0 Å². The number of hydrogen-bond acceptors (Lipinski definition) is 4. The lowest BCUT2D eigenvalue weighted by Crippen LogP contribution is -2.27. The van der Waals surface area contributed by atoms with E-state index >= 15 is 0 Å². The summed E-state index contributed by atoms with van der Waals surface area (Å²) in [6, 6.07) is 5.78. The average Bonchev–Trinajstić information content (AvgIpc) is 2.76. The second-order valence-corrected chi connectivity index (χ2v) is 5.87. The monoisotopic (exact) mass is 259 g/mol. The molecule has 1 aliphatic rings. The van der Waals surface area contributed by atoms with E-state index in [1.54, 1.807) is 0 Å². The predicted octanol–water partition coefficient (Wildman–Crippen LogP) is 2.98. The van der Waals surface area contributed by atoms with Crippen LogP contribution in [0.1, 0.15) is 31.7 Å². The normalized spacial score (nSPS) is 24.4. The van der Waals surface area contributed by atoms with Crippen LogP contribution in [0.15, 0.2) is 22.6 Å². The number of ether oxygens (including phenoxy) is 1. The Morgan fingerprint density at radius 3 is 2.68 bits per heavy atom. The van der Waals surface area contributed by atoms with Gasteiger partial charge < -0.3 is 9.15 Å². The van der Waals surface area contributed by atoms with E-state index in [1.807, 2.05) is 25.1 Å². The molecule has 2 aromatic rings. The molecular formula is C15H17NO3. The van der Waals surface area contributed by atoms with Crippen LogP contribution in [0.5, 0.6) is 0 Å². The molecule has 1 heterocycles. The molecular weight excluding hydrogens is 242 g/mol. The van der Waals surface area contributed by atoms with Gasteiger partial charge in [0.1, 0.15) is 5.52 Å². The lowest BCUT2D eigenvalue weighted by atomic mass is 9.88. The number of rotatable bonds is 2. The zero-order chi connectivity index (χ0) is 13.8. The first-order valence-corrected chi connectivity index (χ1v) is 6.37. The SMILES string of the molecule is COC(=O)C1(c2ccc3nc(C)oc3c2)CC1(C)C. The maximum absolute atomic E-state index is 12.2. The number of fused-ring (bicyclic) bond motifs is 1. The summed E-state index contributed by atoms with van der Waals surface area (Å²) in [6.07, 6.45) is 0.797. The van der Waals surface area contributed by atoms with E-state index in [-0.39, 0.29) is 11.4 Å². The van der Waals surface area contributed by atoms with Gasteiger partial charge in [-0.1, -0.05) is 19.9 Å². The highest BCUT2D eigenvalue weighted by Gasteiger charge is 2.68. The summed E-state index contributed by atoms with van der Waals surface area (Å²) in [7, 11) is 1.44. The van der Waals surface area contributed by atoms with Crippen LogP contribution in [-0.2, 0) is 14.9 Å². The molecule has 1 saturated carbocycles. The molecule has 1 atom stereocenters. The third-order valence-electron chi connectivity index (χ3n) is 4.26. The average molecular weight is 259 g/mol. The predicted molar refractivity (Wildman–Crippen MR) is 70.8 cm³/mol. The lowest BCUT2D eigenvalue weighted by molar-refractivity contribution is -0.144. The Balaban J connectivity index is 2.14. The highest BCUT2D eigenvalue weighted by molar-refractivity contribution is 5.90. The Labute approximate surface area is 111 Å². The number of benzene rings is 1. The Bertz CT molecular complexity index is 671. The van der Waals surface area contributed by atoms with Crippen molar-refractivity contribution < 1.29 is 13.9 Å². The van der Waals surface area contributed by atoms with Crippen LogP contribution in [0.4, 0.5) is 0 Å². The van der Waals surface area contributed by atoms with Crippen molar-refractivity contribution >= 4 is 17.1 Å². The van der Waals surface area contributed by atoms with Gasteiger partial charge in [0.05, 0.1) is 12.5 Å². The minimum atomic E-state index is -0.545. The van der Waals surface area contributed by atoms with Crippen LogP contribution in [0.2, 0.25) is 0 Å². The van der Waals surface area contributed by atoms with Gasteiger partial charge in [-0.05, 0) is 29.5 Å². The van der Waals surface area contributed by atoms with Gasteiger partial charge in [-0.25, -0.2) is 4.98 Å². The Morgan fingerprint density at radius 2 is 2.11 bits per heavy atom. The minimum absolute atomic E-state index is 0.0805. The van der Waals surface area contributed by atoms with Crippen molar-refractivity contribution in [2.75, 3.05) is 7.11 Å². The molecule has 3 rings (SSSR count). The molecule has 0 amide bonds. The van der Waals surface area contributed by atoms with Gasteiger partial charge in [-0.2, -0.15) is 0 Å². The maximum atomic E-state index is 12.2. The number of oxazole rings is 1. The topological polar surface area (TPSA) is 52.3 Å². The summed E-state index contributed by atoms with van der Waals surface area (Å²) < 4.78 is 10.5. The standard InChI is InChI=1S/C15H17NO3/c1-9-16-11-6-5-10(7-12(11)19-9)15(13(17)18-4)8-14(15,2)3/h5-7H,8H2,1-4H3. The number of methoxy groups -OCH3 is 1. The van der Waals surface area contributed by atoms with Crippen molar-refractivity contribution in [2.24, 2.45) is 5.41 Å². The molecule has 0 radical (unpaired) electrons. The largest absolute Gasteiger partial charge is 0.468 e. The molecule has 0 bridgehead atoms. The van der Waals surface area contributed by atoms with E-state index in [1.165, 1.54) is 7.11 Å². The zero-order valence-electron chi connectivity index (χ0n) is 11.6. The molecule has 1 fully saturated rings. The summed E-state index contributed by atoms with van der Waals surface area (Å²) in [5, 5.41) is 0. The molecule has 0 aliphatic heterocycles. The molecule has 100 valence electrons. The number of hydrogen-bond donors (Lipinski definition) is 0. The van der Waals surface area contributed by atoms with Crippen LogP contribution >= 0.6 is 0 Å². The van der Waals surface area contributed by atoms with Gasteiger partial charge in [0.15, 0.2) is 11.5 Å². The molecule has 1 aliphatic carbocycles. The number of carbonyl (C=O) groups excluding carboxylic acids is 1. The summed E-state index contributed by atoms with van der Waals surface area (Å²) in [5.74, 6) is 0.461. The maximum Gasteiger partial charge on any atom is 0.316 e. The highest BCUT2D eigenvalue weighted by atomic mass is 16.5. The number of esters is 1.